The lowest BCUT2D eigenvalue weighted by molar-refractivity contribution is 0.292. The second-order valence-corrected chi connectivity index (χ2v) is 10.6. The highest BCUT2D eigenvalue weighted by Gasteiger charge is 2.34. The first kappa shape index (κ1) is 23.9. The molecule has 0 amide bonds. The van der Waals surface area contributed by atoms with Crippen LogP contribution in [0.3, 0.4) is 0 Å². The zero-order valence-corrected chi connectivity index (χ0v) is 20.8. The van der Waals surface area contributed by atoms with Gasteiger partial charge in [-0.2, -0.15) is 4.98 Å². The standard InChI is InChI=1S/C26H36FN5S/c1-18-13-19(2)16-32(15-18)23-14-20(3)29-24(30-23)31-25(33)28-17-26(11-5-4-6-12-26)21-7-9-22(27)10-8-21/h7-10,14,18-19H,4-6,11-13,15-17H2,1-3H3,(H2,28,29,30,31,33)/t18-,19-/m0/s1. The molecule has 1 aliphatic carbocycles. The summed E-state index contributed by atoms with van der Waals surface area (Å²) >= 11 is 5.63. The molecule has 7 heteroatoms. The number of nitrogens with one attached hydrogen (secondary N) is 2. The van der Waals surface area contributed by atoms with Crippen molar-refractivity contribution < 1.29 is 4.39 Å². The number of nitrogens with zero attached hydrogens (tertiary/aromatic N) is 3. The van der Waals surface area contributed by atoms with Crippen LogP contribution in [0.1, 0.15) is 63.6 Å². The number of rotatable bonds is 5. The molecule has 1 aromatic carbocycles. The number of benzene rings is 1. The Balaban J connectivity index is 1.43. The number of thiocarbonyl (C=S) groups is 1. The Morgan fingerprint density at radius 3 is 2.42 bits per heavy atom. The van der Waals surface area contributed by atoms with Gasteiger partial charge in [0, 0.05) is 36.8 Å². The minimum absolute atomic E-state index is 0.0314. The van der Waals surface area contributed by atoms with Crippen LogP contribution in [-0.4, -0.2) is 34.7 Å². The van der Waals surface area contributed by atoms with Crippen LogP contribution in [0.25, 0.3) is 0 Å². The van der Waals surface area contributed by atoms with Gasteiger partial charge in [0.15, 0.2) is 5.11 Å². The second-order valence-electron chi connectivity index (χ2n) is 10.2. The Morgan fingerprint density at radius 2 is 1.76 bits per heavy atom. The SMILES string of the molecule is Cc1cc(N2C[C@@H](C)C[C@H](C)C2)nc(NC(=S)NCC2(c3ccc(F)cc3)CCCCC2)n1. The lowest BCUT2D eigenvalue weighted by Gasteiger charge is -2.38. The summed E-state index contributed by atoms with van der Waals surface area (Å²) in [5, 5.41) is 7.16. The van der Waals surface area contributed by atoms with Crippen LogP contribution in [0.4, 0.5) is 16.2 Å². The van der Waals surface area contributed by atoms with E-state index in [1.807, 2.05) is 19.1 Å². The van der Waals surface area contributed by atoms with E-state index in [-0.39, 0.29) is 11.2 Å². The summed E-state index contributed by atoms with van der Waals surface area (Å²) in [6, 6.07) is 9.03. The molecule has 0 unspecified atom stereocenters. The molecule has 2 aliphatic rings. The van der Waals surface area contributed by atoms with Crippen molar-refractivity contribution in [2.45, 2.75) is 64.7 Å². The smallest absolute Gasteiger partial charge is 0.231 e. The molecule has 178 valence electrons. The number of piperidine rings is 1. The molecule has 0 bridgehead atoms. The Labute approximate surface area is 202 Å². The molecule has 1 aromatic heterocycles. The summed E-state index contributed by atoms with van der Waals surface area (Å²) in [7, 11) is 0. The second kappa shape index (κ2) is 10.3. The van der Waals surface area contributed by atoms with Crippen LogP contribution >= 0.6 is 12.2 Å². The summed E-state index contributed by atoms with van der Waals surface area (Å²) in [5.74, 6) is 2.61. The van der Waals surface area contributed by atoms with Crippen LogP contribution in [0.2, 0.25) is 0 Å². The minimum atomic E-state index is -0.195. The topological polar surface area (TPSA) is 53.1 Å². The van der Waals surface area contributed by atoms with Gasteiger partial charge in [0.1, 0.15) is 11.6 Å². The summed E-state index contributed by atoms with van der Waals surface area (Å²) in [5.41, 5.74) is 2.07. The predicted octanol–water partition coefficient (Wildman–Crippen LogP) is 5.59. The number of halogens is 1. The van der Waals surface area contributed by atoms with Crippen molar-refractivity contribution in [3.8, 4) is 0 Å². The third-order valence-corrected chi connectivity index (χ3v) is 7.36. The van der Waals surface area contributed by atoms with Gasteiger partial charge < -0.3 is 15.5 Å². The van der Waals surface area contributed by atoms with E-state index in [0.29, 0.717) is 29.4 Å². The van der Waals surface area contributed by atoms with Crippen molar-refractivity contribution >= 4 is 29.1 Å². The van der Waals surface area contributed by atoms with Crippen molar-refractivity contribution in [3.63, 3.8) is 0 Å². The van der Waals surface area contributed by atoms with E-state index >= 15 is 0 Å². The molecule has 4 rings (SSSR count). The van der Waals surface area contributed by atoms with Crippen molar-refractivity contribution in [2.75, 3.05) is 29.9 Å². The molecule has 1 saturated carbocycles. The van der Waals surface area contributed by atoms with Gasteiger partial charge in [0.25, 0.3) is 0 Å². The van der Waals surface area contributed by atoms with Crippen LogP contribution in [0, 0.1) is 24.6 Å². The Hall–Kier alpha value is -2.28. The maximum absolute atomic E-state index is 13.5. The van der Waals surface area contributed by atoms with E-state index in [9.17, 15) is 4.39 Å². The molecule has 1 saturated heterocycles. The summed E-state index contributed by atoms with van der Waals surface area (Å²) in [6.45, 7) is 9.35. The summed E-state index contributed by atoms with van der Waals surface area (Å²) in [4.78, 5) is 11.7. The third kappa shape index (κ3) is 5.99. The van der Waals surface area contributed by atoms with Crippen LogP contribution in [-0.2, 0) is 5.41 Å². The van der Waals surface area contributed by atoms with E-state index in [4.69, 9.17) is 17.2 Å². The molecule has 33 heavy (non-hydrogen) atoms. The van der Waals surface area contributed by atoms with Crippen LogP contribution in [0.5, 0.6) is 0 Å². The fourth-order valence-electron chi connectivity index (χ4n) is 5.61. The Morgan fingerprint density at radius 1 is 1.09 bits per heavy atom. The van der Waals surface area contributed by atoms with Crippen LogP contribution < -0.4 is 15.5 Å². The molecule has 5 nitrogen and oxygen atoms in total. The predicted molar refractivity (Wildman–Crippen MR) is 137 cm³/mol. The highest BCUT2D eigenvalue weighted by Crippen LogP contribution is 2.39. The number of aromatic nitrogens is 2. The van der Waals surface area contributed by atoms with E-state index in [0.717, 1.165) is 37.4 Å². The van der Waals surface area contributed by atoms with Crippen molar-refractivity contribution in [2.24, 2.45) is 11.8 Å². The number of hydrogen-bond donors (Lipinski definition) is 2. The average molecular weight is 470 g/mol. The molecule has 2 aromatic rings. The molecular formula is C26H36FN5S. The number of hydrogen-bond acceptors (Lipinski definition) is 4. The Kier molecular flexibility index (Phi) is 7.47. The molecule has 2 fully saturated rings. The summed E-state index contributed by atoms with van der Waals surface area (Å²) < 4.78 is 13.5. The summed E-state index contributed by atoms with van der Waals surface area (Å²) in [6.07, 6.45) is 7.01. The quantitative estimate of drug-likeness (QED) is 0.557. The first-order valence-electron chi connectivity index (χ1n) is 12.2. The van der Waals surface area contributed by atoms with Crippen molar-refractivity contribution in [1.82, 2.24) is 15.3 Å². The normalized spacial score (nSPS) is 22.6. The zero-order valence-electron chi connectivity index (χ0n) is 20.0. The van der Waals surface area contributed by atoms with Crippen LogP contribution in [0.15, 0.2) is 30.3 Å². The molecule has 2 atom stereocenters. The number of anilines is 2. The minimum Gasteiger partial charge on any atom is -0.361 e. The molecular weight excluding hydrogens is 433 g/mol. The highest BCUT2D eigenvalue weighted by molar-refractivity contribution is 7.80. The van der Waals surface area contributed by atoms with Gasteiger partial charge in [-0.1, -0.05) is 45.2 Å². The van der Waals surface area contributed by atoms with Gasteiger partial charge in [0.05, 0.1) is 0 Å². The highest BCUT2D eigenvalue weighted by atomic mass is 32.1. The van der Waals surface area contributed by atoms with Gasteiger partial charge in [0.2, 0.25) is 5.95 Å². The van der Waals surface area contributed by atoms with E-state index in [2.05, 4.69) is 40.4 Å². The molecule has 1 aliphatic heterocycles. The van der Waals surface area contributed by atoms with E-state index < -0.39 is 0 Å². The van der Waals surface area contributed by atoms with Gasteiger partial charge in [-0.3, -0.25) is 0 Å². The molecule has 2 N–H and O–H groups in total. The van der Waals surface area contributed by atoms with Gasteiger partial charge >= 0.3 is 0 Å². The zero-order chi connectivity index (χ0) is 23.4. The largest absolute Gasteiger partial charge is 0.361 e. The molecule has 0 radical (unpaired) electrons. The van der Waals surface area contributed by atoms with Crippen molar-refractivity contribution in [1.29, 1.82) is 0 Å². The average Bonchev–Trinajstić information content (AvgIpc) is 2.78. The van der Waals surface area contributed by atoms with Gasteiger partial charge in [-0.15, -0.1) is 0 Å². The first-order chi connectivity index (χ1) is 15.8. The molecule has 0 spiro atoms. The lowest BCUT2D eigenvalue weighted by Crippen LogP contribution is -2.43. The first-order valence-corrected chi connectivity index (χ1v) is 12.7. The fraction of sp³-hybridized carbons (Fsp3) is 0.577. The van der Waals surface area contributed by atoms with E-state index in [1.54, 1.807) is 12.1 Å². The fourth-order valence-corrected chi connectivity index (χ4v) is 5.78. The maximum Gasteiger partial charge on any atom is 0.231 e. The van der Waals surface area contributed by atoms with Crippen molar-refractivity contribution in [3.05, 3.63) is 47.4 Å². The van der Waals surface area contributed by atoms with Gasteiger partial charge in [-0.05, 0) is 67.9 Å². The lowest BCUT2D eigenvalue weighted by atomic mass is 9.69. The van der Waals surface area contributed by atoms with E-state index in [1.165, 1.54) is 31.2 Å². The number of aryl methyl sites for hydroxylation is 1. The third-order valence-electron chi connectivity index (χ3n) is 7.11. The maximum atomic E-state index is 13.5. The van der Waals surface area contributed by atoms with Gasteiger partial charge in [-0.25, -0.2) is 9.37 Å². The molecule has 2 heterocycles. The Bertz CT molecular complexity index is 948. The monoisotopic (exact) mass is 469 g/mol.